The second-order valence-corrected chi connectivity index (χ2v) is 6.85. The smallest absolute Gasteiger partial charge is 0.128 e. The molecule has 2 nitrogen and oxygen atoms in total. The molecule has 0 radical (unpaired) electrons. The van der Waals surface area contributed by atoms with Crippen LogP contribution in [0.2, 0.25) is 0 Å². The SMILES string of the molecule is Cc1ccc(N2CC(C3CCCCC3)NCC2C)cc1F. The lowest BCUT2D eigenvalue weighted by atomic mass is 9.82. The van der Waals surface area contributed by atoms with Crippen LogP contribution < -0.4 is 10.2 Å². The van der Waals surface area contributed by atoms with Gasteiger partial charge in [-0.05, 0) is 50.3 Å². The normalized spacial score (nSPS) is 27.9. The lowest BCUT2D eigenvalue weighted by Gasteiger charge is -2.44. The van der Waals surface area contributed by atoms with E-state index >= 15 is 0 Å². The number of nitrogens with one attached hydrogen (secondary N) is 1. The molecule has 21 heavy (non-hydrogen) atoms. The van der Waals surface area contributed by atoms with Gasteiger partial charge in [0.25, 0.3) is 0 Å². The number of hydrogen-bond donors (Lipinski definition) is 1. The van der Waals surface area contributed by atoms with E-state index in [0.29, 0.717) is 12.1 Å². The molecule has 1 saturated heterocycles. The van der Waals surface area contributed by atoms with Gasteiger partial charge in [0, 0.05) is 30.9 Å². The molecule has 0 aromatic heterocycles. The number of nitrogens with zero attached hydrogens (tertiary/aromatic N) is 1. The van der Waals surface area contributed by atoms with Gasteiger partial charge in [-0.3, -0.25) is 0 Å². The summed E-state index contributed by atoms with van der Waals surface area (Å²) >= 11 is 0. The molecule has 2 unspecified atom stereocenters. The van der Waals surface area contributed by atoms with E-state index < -0.39 is 0 Å². The molecule has 2 aliphatic rings. The Hall–Kier alpha value is -1.09. The minimum atomic E-state index is -0.0903. The van der Waals surface area contributed by atoms with Gasteiger partial charge in [0.1, 0.15) is 5.82 Å². The third kappa shape index (κ3) is 3.23. The third-order valence-electron chi connectivity index (χ3n) is 5.31. The number of rotatable bonds is 2. The summed E-state index contributed by atoms with van der Waals surface area (Å²) in [6, 6.07) is 6.65. The highest BCUT2D eigenvalue weighted by molar-refractivity contribution is 5.49. The van der Waals surface area contributed by atoms with E-state index in [2.05, 4.69) is 23.2 Å². The Morgan fingerprint density at radius 2 is 1.95 bits per heavy atom. The van der Waals surface area contributed by atoms with Crippen LogP contribution in [0.15, 0.2) is 18.2 Å². The van der Waals surface area contributed by atoms with E-state index in [9.17, 15) is 4.39 Å². The molecule has 1 heterocycles. The maximum atomic E-state index is 13.9. The minimum Gasteiger partial charge on any atom is -0.366 e. The van der Waals surface area contributed by atoms with E-state index in [0.717, 1.165) is 30.3 Å². The average molecular weight is 290 g/mol. The van der Waals surface area contributed by atoms with Crippen LogP contribution in [-0.2, 0) is 0 Å². The van der Waals surface area contributed by atoms with Gasteiger partial charge in [0.15, 0.2) is 0 Å². The van der Waals surface area contributed by atoms with Crippen LogP contribution >= 0.6 is 0 Å². The molecular weight excluding hydrogens is 263 g/mol. The van der Waals surface area contributed by atoms with Gasteiger partial charge in [0.2, 0.25) is 0 Å². The second-order valence-electron chi connectivity index (χ2n) is 6.85. The predicted octanol–water partition coefficient (Wildman–Crippen LogP) is 3.88. The first kappa shape index (κ1) is 14.8. The van der Waals surface area contributed by atoms with Gasteiger partial charge in [-0.1, -0.05) is 25.3 Å². The quantitative estimate of drug-likeness (QED) is 0.889. The number of halogens is 1. The van der Waals surface area contributed by atoms with E-state index in [1.165, 1.54) is 32.1 Å². The van der Waals surface area contributed by atoms with Crippen LogP contribution in [0, 0.1) is 18.7 Å². The first-order valence-corrected chi connectivity index (χ1v) is 8.41. The van der Waals surface area contributed by atoms with Crippen LogP contribution in [0.5, 0.6) is 0 Å². The standard InChI is InChI=1S/C18H27FN2/c1-13-8-9-16(10-17(13)19)21-12-18(20-11-14(21)2)15-6-4-3-5-7-15/h8-10,14-15,18,20H,3-7,11-12H2,1-2H3. The predicted molar refractivity (Wildman–Crippen MR) is 86.3 cm³/mol. The molecular formula is C18H27FN2. The second kappa shape index (κ2) is 6.35. The molecule has 1 aromatic rings. The van der Waals surface area contributed by atoms with Crippen LogP contribution in [0.1, 0.15) is 44.6 Å². The van der Waals surface area contributed by atoms with Crippen molar-refractivity contribution in [3.05, 3.63) is 29.6 Å². The van der Waals surface area contributed by atoms with Gasteiger partial charge in [-0.15, -0.1) is 0 Å². The molecule has 1 aliphatic carbocycles. The molecule has 0 spiro atoms. The van der Waals surface area contributed by atoms with Gasteiger partial charge in [0.05, 0.1) is 0 Å². The number of hydrogen-bond acceptors (Lipinski definition) is 2. The zero-order valence-corrected chi connectivity index (χ0v) is 13.2. The van der Waals surface area contributed by atoms with Crippen molar-refractivity contribution in [3.8, 4) is 0 Å². The Bertz CT molecular complexity index is 482. The Morgan fingerprint density at radius 3 is 2.67 bits per heavy atom. The van der Waals surface area contributed by atoms with Gasteiger partial charge in [-0.2, -0.15) is 0 Å². The highest BCUT2D eigenvalue weighted by atomic mass is 19.1. The van der Waals surface area contributed by atoms with Gasteiger partial charge in [-0.25, -0.2) is 4.39 Å². The zero-order valence-electron chi connectivity index (χ0n) is 13.2. The lowest BCUT2D eigenvalue weighted by Crippen LogP contribution is -2.58. The van der Waals surface area contributed by atoms with E-state index in [-0.39, 0.29) is 5.82 Å². The first-order chi connectivity index (χ1) is 10.1. The molecule has 1 N–H and O–H groups in total. The van der Waals surface area contributed by atoms with Crippen LogP contribution in [0.4, 0.5) is 10.1 Å². The Kier molecular flexibility index (Phi) is 4.48. The Morgan fingerprint density at radius 1 is 1.19 bits per heavy atom. The van der Waals surface area contributed by atoms with Crippen molar-refractivity contribution >= 4 is 5.69 Å². The fourth-order valence-electron chi connectivity index (χ4n) is 3.86. The van der Waals surface area contributed by atoms with Gasteiger partial charge < -0.3 is 10.2 Å². The summed E-state index contributed by atoms with van der Waals surface area (Å²) in [6.07, 6.45) is 6.84. The molecule has 116 valence electrons. The lowest BCUT2D eigenvalue weighted by molar-refractivity contribution is 0.245. The van der Waals surface area contributed by atoms with E-state index in [1.54, 1.807) is 6.07 Å². The van der Waals surface area contributed by atoms with Crippen molar-refractivity contribution in [1.82, 2.24) is 5.32 Å². The first-order valence-electron chi connectivity index (χ1n) is 8.41. The minimum absolute atomic E-state index is 0.0903. The summed E-state index contributed by atoms with van der Waals surface area (Å²) in [5, 5.41) is 3.73. The topological polar surface area (TPSA) is 15.3 Å². The molecule has 1 saturated carbocycles. The van der Waals surface area contributed by atoms with E-state index in [4.69, 9.17) is 0 Å². The molecule has 3 rings (SSSR count). The largest absolute Gasteiger partial charge is 0.366 e. The molecule has 1 aliphatic heterocycles. The fourth-order valence-corrected chi connectivity index (χ4v) is 3.86. The van der Waals surface area contributed by atoms with Crippen LogP contribution in [0.25, 0.3) is 0 Å². The Balaban J connectivity index is 1.74. The maximum absolute atomic E-state index is 13.9. The number of anilines is 1. The summed E-state index contributed by atoms with van der Waals surface area (Å²) in [7, 11) is 0. The maximum Gasteiger partial charge on any atom is 0.128 e. The molecule has 0 amide bonds. The zero-order chi connectivity index (χ0) is 14.8. The summed E-state index contributed by atoms with van der Waals surface area (Å²) in [5.41, 5.74) is 1.76. The Labute approximate surface area is 127 Å². The molecule has 2 fully saturated rings. The van der Waals surface area contributed by atoms with Gasteiger partial charge >= 0.3 is 0 Å². The molecule has 1 aromatic carbocycles. The van der Waals surface area contributed by atoms with Crippen molar-refractivity contribution in [3.63, 3.8) is 0 Å². The molecule has 2 atom stereocenters. The monoisotopic (exact) mass is 290 g/mol. The van der Waals surface area contributed by atoms with Crippen molar-refractivity contribution < 1.29 is 4.39 Å². The van der Waals surface area contributed by atoms with Crippen molar-refractivity contribution in [2.75, 3.05) is 18.0 Å². The van der Waals surface area contributed by atoms with Crippen LogP contribution in [-0.4, -0.2) is 25.2 Å². The fraction of sp³-hybridized carbons (Fsp3) is 0.667. The summed E-state index contributed by atoms with van der Waals surface area (Å²) in [5.74, 6) is 0.705. The van der Waals surface area contributed by atoms with Crippen molar-refractivity contribution in [1.29, 1.82) is 0 Å². The summed E-state index contributed by atoms with van der Waals surface area (Å²) in [6.45, 7) is 6.05. The van der Waals surface area contributed by atoms with E-state index in [1.807, 2.05) is 13.0 Å². The highest BCUT2D eigenvalue weighted by Gasteiger charge is 2.31. The van der Waals surface area contributed by atoms with Crippen LogP contribution in [0.3, 0.4) is 0 Å². The third-order valence-corrected chi connectivity index (χ3v) is 5.31. The molecule has 0 bridgehead atoms. The highest BCUT2D eigenvalue weighted by Crippen LogP contribution is 2.30. The number of aryl methyl sites for hydroxylation is 1. The summed E-state index contributed by atoms with van der Waals surface area (Å²) < 4.78 is 13.9. The summed E-state index contributed by atoms with van der Waals surface area (Å²) in [4.78, 5) is 2.39. The number of piperazine rings is 1. The number of benzene rings is 1. The average Bonchev–Trinajstić information content (AvgIpc) is 2.51. The van der Waals surface area contributed by atoms with Crippen molar-refractivity contribution in [2.45, 2.75) is 58.0 Å². The molecule has 3 heteroatoms. The van der Waals surface area contributed by atoms with Crippen molar-refractivity contribution in [2.24, 2.45) is 5.92 Å².